The molecule has 1 saturated heterocycles. The van der Waals surface area contributed by atoms with Crippen LogP contribution in [-0.2, 0) is 27.3 Å². The molecule has 54 heavy (non-hydrogen) atoms. The van der Waals surface area contributed by atoms with Crippen LogP contribution in [0.5, 0.6) is 11.5 Å². The second-order valence-corrected chi connectivity index (χ2v) is 19.6. The van der Waals surface area contributed by atoms with Crippen molar-refractivity contribution in [2.75, 3.05) is 12.3 Å². The third-order valence-corrected chi connectivity index (χ3v) is 15.0. The molecule has 10 nitrogen and oxygen atoms in total. The summed E-state index contributed by atoms with van der Waals surface area (Å²) in [6.07, 6.45) is 17.2. The number of guanidine groups is 1. The minimum Gasteiger partial charge on any atom is -0.504 e. The third kappa shape index (κ3) is 13.1. The number of hydrogen-bond donors (Lipinski definition) is 4. The number of carbonyl (C=O) groups is 2. The predicted octanol–water partition coefficient (Wildman–Crippen LogP) is 8.39. The van der Waals surface area contributed by atoms with Crippen molar-refractivity contribution in [3.8, 4) is 11.5 Å². The average molecular weight is 789 g/mol. The molecule has 1 spiro atoms. The van der Waals surface area contributed by atoms with Gasteiger partial charge in [0.25, 0.3) is 0 Å². The van der Waals surface area contributed by atoms with E-state index in [1.165, 1.54) is 19.8 Å². The zero-order valence-corrected chi connectivity index (χ0v) is 34.8. The quantitative estimate of drug-likeness (QED) is 0.164. The van der Waals surface area contributed by atoms with Gasteiger partial charge >= 0.3 is 5.97 Å². The maximum absolute atomic E-state index is 13.8. The van der Waals surface area contributed by atoms with Gasteiger partial charge in [-0.15, -0.1) is 0 Å². The molecule has 2 heterocycles. The van der Waals surface area contributed by atoms with Gasteiger partial charge in [0, 0.05) is 50.2 Å². The number of nitrogens with two attached hydrogens (primary N) is 1. The highest BCUT2D eigenvalue weighted by Gasteiger charge is 2.40. The molecule has 1 aromatic rings. The Balaban J connectivity index is 1.40. The molecule has 5 N–H and O–H groups in total. The van der Waals surface area contributed by atoms with Crippen molar-refractivity contribution >= 4 is 39.4 Å². The Morgan fingerprint density at radius 2 is 1.78 bits per heavy atom. The maximum Gasteiger partial charge on any atom is 0.302 e. The Bertz CT molecular complexity index is 1380. The number of phenols is 1. The number of carbonyl (C=O) groups excluding carboxylic acids is 2. The number of phenolic OH excluding ortho intramolecular Hbond substituents is 1. The summed E-state index contributed by atoms with van der Waals surface area (Å²) in [4.78, 5) is 32.7. The summed E-state index contributed by atoms with van der Waals surface area (Å²) in [7, 11) is 3.83. The average Bonchev–Trinajstić information content (AvgIpc) is 3.87. The van der Waals surface area contributed by atoms with Crippen LogP contribution in [0.4, 0.5) is 0 Å². The first-order valence-corrected chi connectivity index (χ1v) is 23.4. The van der Waals surface area contributed by atoms with Crippen LogP contribution in [0, 0.1) is 11.8 Å². The van der Waals surface area contributed by atoms with Crippen LogP contribution in [0.1, 0.15) is 154 Å². The second kappa shape index (κ2) is 21.3. The first-order valence-electron chi connectivity index (χ1n) is 21.0. The predicted molar refractivity (Wildman–Crippen MR) is 221 cm³/mol. The highest BCUT2D eigenvalue weighted by molar-refractivity contribution is 8.77. The summed E-state index contributed by atoms with van der Waals surface area (Å²) in [5, 5.41) is 26.3. The summed E-state index contributed by atoms with van der Waals surface area (Å²) in [6.45, 7) is 6.73. The van der Waals surface area contributed by atoms with Crippen LogP contribution < -0.4 is 15.8 Å². The van der Waals surface area contributed by atoms with Crippen LogP contribution in [0.2, 0.25) is 0 Å². The van der Waals surface area contributed by atoms with Crippen LogP contribution in [0.25, 0.3) is 0 Å². The van der Waals surface area contributed by atoms with Crippen molar-refractivity contribution in [3.63, 3.8) is 0 Å². The highest BCUT2D eigenvalue weighted by atomic mass is 33.1. The van der Waals surface area contributed by atoms with Gasteiger partial charge in [-0.25, -0.2) is 0 Å². The lowest BCUT2D eigenvalue weighted by atomic mass is 9.90. The lowest BCUT2D eigenvalue weighted by Gasteiger charge is -2.30. The largest absolute Gasteiger partial charge is 0.504 e. The number of aliphatic hydroxyl groups is 1. The van der Waals surface area contributed by atoms with Crippen molar-refractivity contribution in [1.82, 2.24) is 10.2 Å². The molecule has 2 aliphatic carbocycles. The molecule has 4 unspecified atom stereocenters. The Morgan fingerprint density at radius 1 is 1.04 bits per heavy atom. The maximum atomic E-state index is 13.8. The molecule has 2 aliphatic heterocycles. The number of aryl methyl sites for hydroxylation is 1. The van der Waals surface area contributed by atoms with Gasteiger partial charge in [-0.05, 0) is 107 Å². The Morgan fingerprint density at radius 3 is 2.52 bits per heavy atom. The number of nitrogens with one attached hydrogen (secondary N) is 1. The normalized spacial score (nSPS) is 27.2. The number of aliphatic imine (C=N–C) groups is 1. The number of amides is 1. The van der Waals surface area contributed by atoms with Gasteiger partial charge in [-0.3, -0.25) is 14.6 Å². The first-order chi connectivity index (χ1) is 26.0. The monoisotopic (exact) mass is 788 g/mol. The van der Waals surface area contributed by atoms with Crippen LogP contribution in [0.15, 0.2) is 17.1 Å². The zero-order valence-electron chi connectivity index (χ0n) is 33.2. The standard InChI is InChI=1S/C42H68N4O6S2/c1-29(2)15-18-37-32-19-22-44-41(43)45-42(20-9-10-21-42)54-53-23-11-5-4-6-12-34(48)27-36(51-30(3)47)17-16-31-24-33(28-46(37)39(49)26-32)40(50)38(25-31)52-35-13-7-8-14-35/h24-25,29,32,34-37,48,50H,4-23,26-28H2,1-3H3,(H3,43,44,45). The van der Waals surface area contributed by atoms with Gasteiger partial charge in [0.2, 0.25) is 5.91 Å². The van der Waals surface area contributed by atoms with E-state index in [4.69, 9.17) is 20.2 Å². The molecular formula is C42H68N4O6S2. The molecule has 304 valence electrons. The number of fused-ring (bicyclic) bond motifs is 4. The number of nitrogens with zero attached hydrogens (tertiary/aromatic N) is 2. The molecule has 4 aliphatic rings. The SMILES string of the molecule is CC(=O)OC1CCc2cc(c(O)c(OC3CCCC3)c2)CN2C(=O)CC(CCN=C(N)NC3(CCCC3)SSCCCCCCC(O)C1)C2CCC(C)C. The van der Waals surface area contributed by atoms with Crippen molar-refractivity contribution in [1.29, 1.82) is 0 Å². The molecular weight excluding hydrogens is 721 g/mol. The van der Waals surface area contributed by atoms with E-state index < -0.39 is 12.2 Å². The Hall–Kier alpha value is -2.31. The third-order valence-electron chi connectivity index (χ3n) is 11.8. The molecule has 0 aromatic heterocycles. The van der Waals surface area contributed by atoms with E-state index in [1.54, 1.807) is 0 Å². The molecule has 1 aromatic carbocycles. The van der Waals surface area contributed by atoms with E-state index in [9.17, 15) is 19.8 Å². The van der Waals surface area contributed by atoms with E-state index >= 15 is 0 Å². The minimum atomic E-state index is -0.549. The van der Waals surface area contributed by atoms with E-state index in [0.717, 1.165) is 94.8 Å². The van der Waals surface area contributed by atoms with Crippen molar-refractivity contribution in [2.24, 2.45) is 22.6 Å². The Kier molecular flexibility index (Phi) is 16.9. The van der Waals surface area contributed by atoms with E-state index in [2.05, 4.69) is 19.2 Å². The number of esters is 1. The van der Waals surface area contributed by atoms with Crippen molar-refractivity contribution in [2.45, 2.75) is 185 Å². The molecule has 5 rings (SSSR count). The fourth-order valence-corrected chi connectivity index (χ4v) is 12.0. The molecule has 2 saturated carbocycles. The lowest BCUT2D eigenvalue weighted by molar-refractivity contribution is -0.148. The number of aliphatic hydroxyl groups excluding tert-OH is 1. The summed E-state index contributed by atoms with van der Waals surface area (Å²) < 4.78 is 12.2. The van der Waals surface area contributed by atoms with E-state index in [-0.39, 0.29) is 40.6 Å². The summed E-state index contributed by atoms with van der Waals surface area (Å²) >= 11 is 0. The summed E-state index contributed by atoms with van der Waals surface area (Å²) in [6, 6.07) is 3.95. The fraction of sp³-hybridized carbons (Fsp3) is 0.786. The van der Waals surface area contributed by atoms with E-state index in [1.807, 2.05) is 38.6 Å². The number of rotatable bonds is 6. The van der Waals surface area contributed by atoms with Crippen LogP contribution in [-0.4, -0.2) is 74.5 Å². The van der Waals surface area contributed by atoms with Crippen molar-refractivity contribution in [3.05, 3.63) is 23.3 Å². The van der Waals surface area contributed by atoms with Gasteiger partial charge < -0.3 is 35.6 Å². The smallest absolute Gasteiger partial charge is 0.302 e. The van der Waals surface area contributed by atoms with Crippen molar-refractivity contribution < 1.29 is 29.3 Å². The second-order valence-electron chi connectivity index (χ2n) is 16.8. The molecule has 0 radical (unpaired) electrons. The number of ether oxygens (including phenoxy) is 2. The molecule has 4 atom stereocenters. The zero-order chi connectivity index (χ0) is 38.5. The first kappa shape index (κ1) is 42.8. The molecule has 4 bridgehead atoms. The Labute approximate surface area is 332 Å². The summed E-state index contributed by atoms with van der Waals surface area (Å²) in [5.74, 6) is 2.53. The van der Waals surface area contributed by atoms with Gasteiger partial charge in [-0.2, -0.15) is 0 Å². The number of hydrogen-bond acceptors (Lipinski definition) is 11. The van der Waals surface area contributed by atoms with E-state index in [0.29, 0.717) is 68.4 Å². The van der Waals surface area contributed by atoms with Gasteiger partial charge in [0.05, 0.1) is 17.1 Å². The topological polar surface area (TPSA) is 147 Å². The number of benzene rings is 1. The fourth-order valence-electron chi connectivity index (χ4n) is 8.82. The molecule has 3 fully saturated rings. The van der Waals surface area contributed by atoms with Gasteiger partial charge in [-0.1, -0.05) is 73.6 Å². The van der Waals surface area contributed by atoms with Gasteiger partial charge in [0.1, 0.15) is 6.10 Å². The highest BCUT2D eigenvalue weighted by Crippen LogP contribution is 2.46. The minimum absolute atomic E-state index is 0.0352. The lowest BCUT2D eigenvalue weighted by Crippen LogP contribution is -2.47. The summed E-state index contributed by atoms with van der Waals surface area (Å²) in [5.41, 5.74) is 8.18. The molecule has 12 heteroatoms. The van der Waals surface area contributed by atoms with Crippen LogP contribution in [0.3, 0.4) is 0 Å². The number of aromatic hydroxyl groups is 1. The van der Waals surface area contributed by atoms with Gasteiger partial charge in [0.15, 0.2) is 17.5 Å². The molecule has 1 amide bonds. The van der Waals surface area contributed by atoms with Crippen LogP contribution >= 0.6 is 21.6 Å².